The molecule has 118 valence electrons. The molecule has 1 aromatic carbocycles. The second-order valence-electron chi connectivity index (χ2n) is 4.82. The van der Waals surface area contributed by atoms with E-state index in [4.69, 9.17) is 5.14 Å². The van der Waals surface area contributed by atoms with Crippen molar-refractivity contribution < 1.29 is 13.2 Å². The monoisotopic (exact) mass is 339 g/mol. The minimum absolute atomic E-state index is 0.0569. The van der Waals surface area contributed by atoms with Gasteiger partial charge in [0, 0.05) is 18.3 Å². The second-order valence-corrected chi connectivity index (χ2v) is 7.45. The van der Waals surface area contributed by atoms with Gasteiger partial charge in [0.15, 0.2) is 0 Å². The first-order valence-electron chi connectivity index (χ1n) is 6.64. The van der Waals surface area contributed by atoms with Crippen LogP contribution in [0.5, 0.6) is 0 Å². The van der Waals surface area contributed by atoms with Crippen molar-refractivity contribution in [2.24, 2.45) is 5.14 Å². The van der Waals surface area contributed by atoms with Crippen LogP contribution in [-0.4, -0.2) is 19.3 Å². The van der Waals surface area contributed by atoms with E-state index in [1.807, 2.05) is 12.3 Å². The number of carbonyl (C=O) groups excluding carboxylic acids is 1. The Kier molecular flexibility index (Phi) is 5.28. The van der Waals surface area contributed by atoms with Gasteiger partial charge in [-0.3, -0.25) is 4.79 Å². The highest BCUT2D eigenvalue weighted by molar-refractivity contribution is 7.89. The highest BCUT2D eigenvalue weighted by Crippen LogP contribution is 2.10. The molecule has 0 saturated heterocycles. The number of nitrogens with two attached hydrogens (primary N) is 1. The molecule has 0 atom stereocenters. The predicted molar refractivity (Wildman–Crippen MR) is 84.8 cm³/mol. The van der Waals surface area contributed by atoms with E-state index in [9.17, 15) is 13.2 Å². The van der Waals surface area contributed by atoms with Crippen LogP contribution in [0.1, 0.15) is 22.7 Å². The lowest BCUT2D eigenvalue weighted by molar-refractivity contribution is -0.121. The molecule has 0 fully saturated rings. The summed E-state index contributed by atoms with van der Waals surface area (Å²) in [4.78, 5) is 16.1. The number of aromatic nitrogens is 1. The molecule has 2 aromatic rings. The standard InChI is InChI=1S/C14H17N3O3S2/c1-10-17-12(9-21-10)4-7-14(18)16-8-11-2-5-13(6-3-11)22(15,19)20/h2-3,5-6,9H,4,7-8H2,1H3,(H,16,18)(H2,15,19,20). The van der Waals surface area contributed by atoms with Gasteiger partial charge in [-0.05, 0) is 31.0 Å². The van der Waals surface area contributed by atoms with E-state index in [0.717, 1.165) is 16.3 Å². The van der Waals surface area contributed by atoms with Gasteiger partial charge >= 0.3 is 0 Å². The summed E-state index contributed by atoms with van der Waals surface area (Å²) in [6.07, 6.45) is 0.985. The molecule has 22 heavy (non-hydrogen) atoms. The lowest BCUT2D eigenvalue weighted by Crippen LogP contribution is -2.23. The lowest BCUT2D eigenvalue weighted by Gasteiger charge is -2.05. The van der Waals surface area contributed by atoms with Gasteiger partial charge in [0.2, 0.25) is 15.9 Å². The van der Waals surface area contributed by atoms with Crippen molar-refractivity contribution in [1.29, 1.82) is 0 Å². The van der Waals surface area contributed by atoms with Crippen molar-refractivity contribution >= 4 is 27.3 Å². The van der Waals surface area contributed by atoms with Crippen LogP contribution in [0.3, 0.4) is 0 Å². The number of nitrogens with one attached hydrogen (secondary N) is 1. The Hall–Kier alpha value is -1.77. The third-order valence-corrected chi connectivity index (χ3v) is 4.77. The van der Waals surface area contributed by atoms with Gasteiger partial charge in [0.05, 0.1) is 15.6 Å². The average Bonchev–Trinajstić information content (AvgIpc) is 2.88. The molecule has 0 bridgehead atoms. The van der Waals surface area contributed by atoms with Crippen molar-refractivity contribution in [2.75, 3.05) is 0 Å². The van der Waals surface area contributed by atoms with E-state index in [1.54, 1.807) is 23.5 Å². The first kappa shape index (κ1) is 16.6. The molecule has 0 aliphatic carbocycles. The zero-order chi connectivity index (χ0) is 16.2. The minimum Gasteiger partial charge on any atom is -0.352 e. The smallest absolute Gasteiger partial charge is 0.238 e. The van der Waals surface area contributed by atoms with Gasteiger partial charge in [0.1, 0.15) is 0 Å². The van der Waals surface area contributed by atoms with E-state index >= 15 is 0 Å². The Morgan fingerprint density at radius 2 is 2.00 bits per heavy atom. The van der Waals surface area contributed by atoms with Crippen molar-refractivity contribution in [1.82, 2.24) is 10.3 Å². The molecule has 0 radical (unpaired) electrons. The van der Waals surface area contributed by atoms with Gasteiger partial charge in [0.25, 0.3) is 0 Å². The Labute approximate surface area is 133 Å². The Morgan fingerprint density at radius 1 is 1.32 bits per heavy atom. The van der Waals surface area contributed by atoms with Crippen molar-refractivity contribution in [3.05, 3.63) is 45.9 Å². The molecule has 2 rings (SSSR count). The van der Waals surface area contributed by atoms with E-state index in [2.05, 4.69) is 10.3 Å². The number of benzene rings is 1. The average molecular weight is 339 g/mol. The molecular weight excluding hydrogens is 322 g/mol. The van der Waals surface area contributed by atoms with Crippen molar-refractivity contribution in [2.45, 2.75) is 31.2 Å². The number of thiazole rings is 1. The second kappa shape index (κ2) is 6.99. The van der Waals surface area contributed by atoms with E-state index in [-0.39, 0.29) is 10.8 Å². The van der Waals surface area contributed by atoms with Crippen molar-refractivity contribution in [3.63, 3.8) is 0 Å². The van der Waals surface area contributed by atoms with Crippen LogP contribution in [0.15, 0.2) is 34.5 Å². The number of aryl methyl sites for hydroxylation is 2. The molecule has 1 aromatic heterocycles. The molecule has 6 nitrogen and oxygen atoms in total. The summed E-state index contributed by atoms with van der Waals surface area (Å²) in [5.41, 5.74) is 1.74. The third-order valence-electron chi connectivity index (χ3n) is 3.02. The van der Waals surface area contributed by atoms with Gasteiger partial charge < -0.3 is 5.32 Å². The fraction of sp³-hybridized carbons (Fsp3) is 0.286. The van der Waals surface area contributed by atoms with Crippen LogP contribution in [0, 0.1) is 6.92 Å². The van der Waals surface area contributed by atoms with Crippen LogP contribution in [0.2, 0.25) is 0 Å². The molecule has 1 amide bonds. The first-order valence-corrected chi connectivity index (χ1v) is 9.06. The van der Waals surface area contributed by atoms with E-state index in [1.165, 1.54) is 12.1 Å². The predicted octanol–water partition coefficient (Wildman–Crippen LogP) is 1.35. The molecule has 1 heterocycles. The number of primary sulfonamides is 1. The maximum atomic E-state index is 11.8. The number of hydrogen-bond donors (Lipinski definition) is 2. The Balaban J connectivity index is 1.81. The topological polar surface area (TPSA) is 102 Å². The van der Waals surface area contributed by atoms with Gasteiger partial charge in [-0.2, -0.15) is 0 Å². The fourth-order valence-electron chi connectivity index (χ4n) is 1.85. The molecule has 8 heteroatoms. The zero-order valence-corrected chi connectivity index (χ0v) is 13.7. The first-order chi connectivity index (χ1) is 10.3. The van der Waals surface area contributed by atoms with Crippen LogP contribution in [0.25, 0.3) is 0 Å². The van der Waals surface area contributed by atoms with E-state index in [0.29, 0.717) is 19.4 Å². The van der Waals surface area contributed by atoms with Gasteiger partial charge in [-0.25, -0.2) is 18.5 Å². The van der Waals surface area contributed by atoms with Crippen LogP contribution >= 0.6 is 11.3 Å². The lowest BCUT2D eigenvalue weighted by atomic mass is 10.2. The van der Waals surface area contributed by atoms with Crippen molar-refractivity contribution in [3.8, 4) is 0 Å². The third kappa shape index (κ3) is 4.90. The number of rotatable bonds is 6. The minimum atomic E-state index is -3.68. The molecule has 0 saturated carbocycles. The number of carbonyl (C=O) groups is 1. The summed E-state index contributed by atoms with van der Waals surface area (Å²) < 4.78 is 22.3. The largest absolute Gasteiger partial charge is 0.352 e. The normalized spacial score (nSPS) is 11.4. The molecule has 3 N–H and O–H groups in total. The summed E-state index contributed by atoms with van der Waals surface area (Å²) in [5, 5.41) is 10.8. The summed E-state index contributed by atoms with van der Waals surface area (Å²) in [6.45, 7) is 2.28. The van der Waals surface area contributed by atoms with Crippen LogP contribution < -0.4 is 10.5 Å². The van der Waals surface area contributed by atoms with Crippen LogP contribution in [-0.2, 0) is 27.8 Å². The van der Waals surface area contributed by atoms with Gasteiger partial charge in [-0.1, -0.05) is 12.1 Å². The summed E-state index contributed by atoms with van der Waals surface area (Å²) >= 11 is 1.57. The maximum Gasteiger partial charge on any atom is 0.238 e. The molecule has 0 spiro atoms. The number of nitrogens with zero attached hydrogens (tertiary/aromatic N) is 1. The number of sulfonamides is 1. The molecule has 0 unspecified atom stereocenters. The summed E-state index contributed by atoms with van der Waals surface area (Å²) in [6, 6.07) is 6.11. The fourth-order valence-corrected chi connectivity index (χ4v) is 3.01. The van der Waals surface area contributed by atoms with Gasteiger partial charge in [-0.15, -0.1) is 11.3 Å². The summed E-state index contributed by atoms with van der Waals surface area (Å²) in [7, 11) is -3.68. The highest BCUT2D eigenvalue weighted by atomic mass is 32.2. The Morgan fingerprint density at radius 3 is 2.55 bits per heavy atom. The molecule has 0 aliphatic rings. The zero-order valence-electron chi connectivity index (χ0n) is 12.1. The van der Waals surface area contributed by atoms with Crippen LogP contribution in [0.4, 0.5) is 0 Å². The SMILES string of the molecule is Cc1nc(CCC(=O)NCc2ccc(S(N)(=O)=O)cc2)cs1. The number of amides is 1. The van der Waals surface area contributed by atoms with E-state index < -0.39 is 10.0 Å². The highest BCUT2D eigenvalue weighted by Gasteiger charge is 2.08. The summed E-state index contributed by atoms with van der Waals surface area (Å²) in [5.74, 6) is -0.0684. The Bertz CT molecular complexity index is 752. The molecular formula is C14H17N3O3S2. The maximum absolute atomic E-state index is 11.8. The molecule has 0 aliphatic heterocycles. The number of hydrogen-bond acceptors (Lipinski definition) is 5. The quantitative estimate of drug-likeness (QED) is 0.829.